The van der Waals surface area contributed by atoms with Gasteiger partial charge in [-0.05, 0) is 32.3 Å². The van der Waals surface area contributed by atoms with Gasteiger partial charge in [0.2, 0.25) is 5.88 Å². The minimum atomic E-state index is -4.54. The number of primary amides is 1. The molecule has 0 atom stereocenters. The summed E-state index contributed by atoms with van der Waals surface area (Å²) < 4.78 is 46.8. The molecule has 1 aromatic carbocycles. The first-order valence-electron chi connectivity index (χ1n) is 12.6. The average Bonchev–Trinajstić information content (AvgIpc) is 3.67. The van der Waals surface area contributed by atoms with Gasteiger partial charge < -0.3 is 20.4 Å². The summed E-state index contributed by atoms with van der Waals surface area (Å²) in [6.45, 7) is 3.84. The third-order valence-electron chi connectivity index (χ3n) is 6.53. The SMILES string of the molecule is COc1ncnc(C2CC2)c1-c1ncc(C(N)=O)c(NCc2ccc(-c3nc(C(F)(F)F)cn3C(C)C)cc2)n1. The number of rotatable bonds is 9. The van der Waals surface area contributed by atoms with Gasteiger partial charge in [-0.25, -0.2) is 24.9 Å². The van der Waals surface area contributed by atoms with E-state index in [1.807, 2.05) is 0 Å². The van der Waals surface area contributed by atoms with E-state index in [9.17, 15) is 18.0 Å². The van der Waals surface area contributed by atoms with Crippen molar-refractivity contribution in [3.63, 3.8) is 0 Å². The lowest BCUT2D eigenvalue weighted by atomic mass is 10.1. The predicted molar refractivity (Wildman–Crippen MR) is 140 cm³/mol. The normalized spacial score (nSPS) is 13.5. The summed E-state index contributed by atoms with van der Waals surface area (Å²) in [5, 5.41) is 3.13. The molecule has 5 rings (SSSR count). The largest absolute Gasteiger partial charge is 0.480 e. The standard InChI is InChI=1S/C27H27F3N8O2/c1-14(2)38-12-19(27(28,29)30)36-25(38)17-6-4-15(5-7-17)10-32-23-18(22(31)39)11-33-24(37-23)20-21(16-8-9-16)34-13-35-26(20)40-3/h4-7,11-14,16H,8-10H2,1-3H3,(H2,31,39)(H,32,33,37). The summed E-state index contributed by atoms with van der Waals surface area (Å²) in [7, 11) is 1.50. The topological polar surface area (TPSA) is 134 Å². The second-order valence-corrected chi connectivity index (χ2v) is 9.74. The van der Waals surface area contributed by atoms with Gasteiger partial charge in [0.1, 0.15) is 23.5 Å². The molecule has 3 N–H and O–H groups in total. The van der Waals surface area contributed by atoms with Crippen molar-refractivity contribution < 1.29 is 22.7 Å². The maximum Gasteiger partial charge on any atom is 0.434 e. The molecule has 10 nitrogen and oxygen atoms in total. The van der Waals surface area contributed by atoms with Crippen molar-refractivity contribution >= 4 is 11.7 Å². The Morgan fingerprint density at radius 2 is 1.88 bits per heavy atom. The predicted octanol–water partition coefficient (Wildman–Crippen LogP) is 4.99. The minimum absolute atomic E-state index is 0.0998. The zero-order chi connectivity index (χ0) is 28.6. The van der Waals surface area contributed by atoms with Crippen LogP contribution in [0.5, 0.6) is 5.88 Å². The molecule has 1 saturated carbocycles. The van der Waals surface area contributed by atoms with Crippen molar-refractivity contribution in [3.8, 4) is 28.7 Å². The Morgan fingerprint density at radius 3 is 2.48 bits per heavy atom. The quantitative estimate of drug-likeness (QED) is 0.297. The van der Waals surface area contributed by atoms with E-state index in [0.29, 0.717) is 22.8 Å². The number of nitrogens with two attached hydrogens (primary N) is 1. The van der Waals surface area contributed by atoms with E-state index in [-0.39, 0.29) is 35.7 Å². The number of hydrogen-bond donors (Lipinski definition) is 2. The van der Waals surface area contributed by atoms with Crippen molar-refractivity contribution in [1.82, 2.24) is 29.5 Å². The van der Waals surface area contributed by atoms with Crippen LogP contribution in [0, 0.1) is 0 Å². The summed E-state index contributed by atoms with van der Waals surface area (Å²) in [6, 6.07) is 6.72. The fraction of sp³-hybridized carbons (Fsp3) is 0.333. The Hall–Kier alpha value is -4.55. The van der Waals surface area contributed by atoms with E-state index in [0.717, 1.165) is 30.3 Å². The molecule has 0 spiro atoms. The molecular formula is C27H27F3N8O2. The third kappa shape index (κ3) is 5.44. The number of halogens is 3. The highest BCUT2D eigenvalue weighted by molar-refractivity contribution is 5.97. The van der Waals surface area contributed by atoms with Crippen LogP contribution in [-0.4, -0.2) is 42.5 Å². The van der Waals surface area contributed by atoms with Gasteiger partial charge in [0.15, 0.2) is 11.5 Å². The molecule has 40 heavy (non-hydrogen) atoms. The molecule has 3 aromatic heterocycles. The molecule has 1 aliphatic carbocycles. The lowest BCUT2D eigenvalue weighted by Crippen LogP contribution is -2.17. The number of hydrogen-bond acceptors (Lipinski definition) is 8. The van der Waals surface area contributed by atoms with Gasteiger partial charge in [0.25, 0.3) is 5.91 Å². The van der Waals surface area contributed by atoms with Crippen molar-refractivity contribution in [2.24, 2.45) is 5.73 Å². The van der Waals surface area contributed by atoms with Gasteiger partial charge in [-0.3, -0.25) is 4.79 Å². The first-order valence-corrected chi connectivity index (χ1v) is 12.6. The number of carbonyl (C=O) groups excluding carboxylic acids is 1. The van der Waals surface area contributed by atoms with Gasteiger partial charge >= 0.3 is 6.18 Å². The summed E-state index contributed by atoms with van der Waals surface area (Å²) >= 11 is 0. The highest BCUT2D eigenvalue weighted by atomic mass is 19.4. The second kappa shape index (κ2) is 10.5. The molecular weight excluding hydrogens is 525 g/mol. The number of ether oxygens (including phenoxy) is 1. The molecule has 0 unspecified atom stereocenters. The van der Waals surface area contributed by atoms with E-state index in [1.54, 1.807) is 38.1 Å². The van der Waals surface area contributed by atoms with Gasteiger partial charge in [-0.15, -0.1) is 0 Å². The zero-order valence-electron chi connectivity index (χ0n) is 22.0. The van der Waals surface area contributed by atoms with Crippen molar-refractivity contribution in [2.75, 3.05) is 12.4 Å². The summed E-state index contributed by atoms with van der Waals surface area (Å²) in [5.41, 5.74) is 7.42. The molecule has 1 fully saturated rings. The number of nitrogens with one attached hydrogen (secondary N) is 1. The number of carbonyl (C=O) groups is 1. The van der Waals surface area contributed by atoms with Crippen LogP contribution in [0.4, 0.5) is 19.0 Å². The molecule has 4 aromatic rings. The van der Waals surface area contributed by atoms with Crippen molar-refractivity contribution in [1.29, 1.82) is 0 Å². The Morgan fingerprint density at radius 1 is 1.15 bits per heavy atom. The third-order valence-corrected chi connectivity index (χ3v) is 6.53. The lowest BCUT2D eigenvalue weighted by molar-refractivity contribution is -0.140. The number of amides is 1. The number of nitrogens with zero attached hydrogens (tertiary/aromatic N) is 6. The fourth-order valence-corrected chi connectivity index (χ4v) is 4.33. The maximum absolute atomic E-state index is 13.3. The highest BCUT2D eigenvalue weighted by Gasteiger charge is 2.35. The molecule has 1 amide bonds. The van der Waals surface area contributed by atoms with Crippen LogP contribution >= 0.6 is 0 Å². The van der Waals surface area contributed by atoms with Crippen LogP contribution in [0.15, 0.2) is 43.0 Å². The van der Waals surface area contributed by atoms with Gasteiger partial charge in [0.05, 0.1) is 18.4 Å². The molecule has 0 radical (unpaired) electrons. The summed E-state index contributed by atoms with van der Waals surface area (Å²) in [4.78, 5) is 33.5. The van der Waals surface area contributed by atoms with Gasteiger partial charge in [0, 0.05) is 36.5 Å². The first kappa shape index (κ1) is 27.0. The number of aromatic nitrogens is 6. The van der Waals surface area contributed by atoms with Crippen LogP contribution in [0.25, 0.3) is 22.8 Å². The van der Waals surface area contributed by atoms with E-state index >= 15 is 0 Å². The van der Waals surface area contributed by atoms with Crippen molar-refractivity contribution in [2.45, 2.75) is 51.4 Å². The van der Waals surface area contributed by atoms with Crippen LogP contribution in [0.3, 0.4) is 0 Å². The van der Waals surface area contributed by atoms with Crippen LogP contribution in [0.1, 0.15) is 66.0 Å². The van der Waals surface area contributed by atoms with Crippen LogP contribution in [-0.2, 0) is 12.7 Å². The molecule has 208 valence electrons. The average molecular weight is 553 g/mol. The first-order chi connectivity index (χ1) is 19.1. The Kier molecular flexibility index (Phi) is 7.13. The Balaban J connectivity index is 1.42. The number of anilines is 1. The molecule has 0 aliphatic heterocycles. The number of methoxy groups -OCH3 is 1. The Bertz CT molecular complexity index is 1550. The molecule has 1 aliphatic rings. The molecule has 13 heteroatoms. The van der Waals surface area contributed by atoms with E-state index < -0.39 is 17.8 Å². The monoisotopic (exact) mass is 552 g/mol. The lowest BCUT2D eigenvalue weighted by Gasteiger charge is -2.14. The highest BCUT2D eigenvalue weighted by Crippen LogP contribution is 2.45. The van der Waals surface area contributed by atoms with Crippen LogP contribution < -0.4 is 15.8 Å². The number of benzene rings is 1. The molecule has 0 saturated heterocycles. The Labute approximate surface area is 227 Å². The maximum atomic E-state index is 13.3. The van der Waals surface area contributed by atoms with E-state index in [1.165, 1.54) is 24.2 Å². The van der Waals surface area contributed by atoms with Crippen molar-refractivity contribution in [3.05, 3.63) is 65.5 Å². The minimum Gasteiger partial charge on any atom is -0.480 e. The van der Waals surface area contributed by atoms with E-state index in [4.69, 9.17) is 10.5 Å². The summed E-state index contributed by atoms with van der Waals surface area (Å²) in [6.07, 6.45) is 1.25. The van der Waals surface area contributed by atoms with Crippen LogP contribution in [0.2, 0.25) is 0 Å². The van der Waals surface area contributed by atoms with Gasteiger partial charge in [-0.1, -0.05) is 24.3 Å². The zero-order valence-corrected chi connectivity index (χ0v) is 22.0. The van der Waals surface area contributed by atoms with Gasteiger partial charge in [-0.2, -0.15) is 13.2 Å². The second-order valence-electron chi connectivity index (χ2n) is 9.74. The summed E-state index contributed by atoms with van der Waals surface area (Å²) in [5.74, 6) is 0.633. The fourth-order valence-electron chi connectivity index (χ4n) is 4.33. The number of alkyl halides is 3. The molecule has 3 heterocycles. The van der Waals surface area contributed by atoms with E-state index in [2.05, 4.69) is 30.2 Å². The smallest absolute Gasteiger partial charge is 0.434 e. The number of imidazole rings is 1. The molecule has 0 bridgehead atoms.